The largest absolute Gasteiger partial charge is 0.486 e. The average Bonchev–Trinajstić information content (AvgIpc) is 2.39. The Hall–Kier alpha value is -1.27. The number of benzene rings is 1. The number of methoxy groups -OCH3 is 1. The normalized spacial score (nSPS) is 24.2. The van der Waals surface area contributed by atoms with Crippen molar-refractivity contribution in [3.63, 3.8) is 0 Å². The smallest absolute Gasteiger partial charge is 0.416 e. The monoisotopic (exact) mass is 275 g/mol. The first-order chi connectivity index (χ1) is 9.00. The van der Waals surface area contributed by atoms with Crippen LogP contribution in [0.2, 0.25) is 0 Å². The van der Waals surface area contributed by atoms with Crippen molar-refractivity contribution in [2.24, 2.45) is 0 Å². The third-order valence-corrected chi connectivity index (χ3v) is 3.12. The topological polar surface area (TPSA) is 30.5 Å². The highest BCUT2D eigenvalue weighted by Gasteiger charge is 2.31. The Labute approximate surface area is 109 Å². The highest BCUT2D eigenvalue weighted by molar-refractivity contribution is 5.30. The van der Waals surface area contributed by atoms with Crippen LogP contribution in [-0.2, 0) is 10.9 Å². The average molecular weight is 275 g/mol. The summed E-state index contributed by atoms with van der Waals surface area (Å²) in [7, 11) is 1.58. The summed E-state index contributed by atoms with van der Waals surface area (Å²) in [4.78, 5) is 0. The molecule has 1 heterocycles. The van der Waals surface area contributed by atoms with Crippen LogP contribution in [0.15, 0.2) is 24.3 Å². The predicted octanol–water partition coefficient (Wildman–Crippen LogP) is 2.46. The summed E-state index contributed by atoms with van der Waals surface area (Å²) in [6.45, 7) is 1.38. The number of ether oxygens (including phenoxy) is 2. The molecule has 1 fully saturated rings. The Kier molecular flexibility index (Phi) is 4.31. The van der Waals surface area contributed by atoms with Gasteiger partial charge in [-0.2, -0.15) is 13.2 Å². The first kappa shape index (κ1) is 14.1. The molecular formula is C13H16F3NO2. The fourth-order valence-electron chi connectivity index (χ4n) is 2.11. The summed E-state index contributed by atoms with van der Waals surface area (Å²) in [6.07, 6.45) is -3.96. The van der Waals surface area contributed by atoms with Gasteiger partial charge in [0.1, 0.15) is 11.9 Å². The van der Waals surface area contributed by atoms with Gasteiger partial charge in [0.25, 0.3) is 0 Å². The van der Waals surface area contributed by atoms with Crippen LogP contribution in [0.25, 0.3) is 0 Å². The minimum atomic E-state index is -4.36. The van der Waals surface area contributed by atoms with Crippen molar-refractivity contribution in [2.45, 2.75) is 24.8 Å². The maximum atomic E-state index is 12.6. The molecule has 0 aliphatic carbocycles. The van der Waals surface area contributed by atoms with Gasteiger partial charge in [0.2, 0.25) is 0 Å². The predicted molar refractivity (Wildman–Crippen MR) is 64.1 cm³/mol. The molecule has 1 saturated heterocycles. The van der Waals surface area contributed by atoms with Crippen LogP contribution in [0.4, 0.5) is 13.2 Å². The van der Waals surface area contributed by atoms with Crippen LogP contribution < -0.4 is 10.1 Å². The van der Waals surface area contributed by atoms with E-state index in [1.807, 2.05) is 0 Å². The molecule has 0 amide bonds. The molecule has 6 heteroatoms. The van der Waals surface area contributed by atoms with Crippen LogP contribution in [0.1, 0.15) is 12.0 Å². The number of piperidine rings is 1. The van der Waals surface area contributed by atoms with E-state index in [0.29, 0.717) is 6.54 Å². The van der Waals surface area contributed by atoms with Gasteiger partial charge in [0.15, 0.2) is 0 Å². The zero-order valence-corrected chi connectivity index (χ0v) is 10.5. The van der Waals surface area contributed by atoms with Crippen LogP contribution in [0.5, 0.6) is 5.75 Å². The summed E-state index contributed by atoms with van der Waals surface area (Å²) >= 11 is 0. The minimum Gasteiger partial charge on any atom is -0.486 e. The molecule has 1 aromatic rings. The van der Waals surface area contributed by atoms with E-state index < -0.39 is 11.7 Å². The Bertz CT molecular complexity index is 423. The molecule has 0 bridgehead atoms. The summed E-state index contributed by atoms with van der Waals surface area (Å²) in [5, 5.41) is 3.14. The molecule has 2 unspecified atom stereocenters. The highest BCUT2D eigenvalue weighted by Crippen LogP contribution is 2.31. The fraction of sp³-hybridized carbons (Fsp3) is 0.538. The van der Waals surface area contributed by atoms with E-state index in [2.05, 4.69) is 5.32 Å². The minimum absolute atomic E-state index is 0.101. The van der Waals surface area contributed by atoms with Crippen molar-refractivity contribution >= 4 is 0 Å². The molecule has 0 radical (unpaired) electrons. The van der Waals surface area contributed by atoms with Crippen LogP contribution in [-0.4, -0.2) is 32.4 Å². The second-order valence-corrected chi connectivity index (χ2v) is 4.45. The maximum Gasteiger partial charge on any atom is 0.416 e. The van der Waals surface area contributed by atoms with Crippen LogP contribution in [0.3, 0.4) is 0 Å². The molecule has 1 aliphatic rings. The number of nitrogens with one attached hydrogen (secondary N) is 1. The Balaban J connectivity index is 2.10. The number of hydrogen-bond donors (Lipinski definition) is 1. The van der Waals surface area contributed by atoms with Crippen molar-refractivity contribution in [1.82, 2.24) is 5.32 Å². The third kappa shape index (κ3) is 3.61. The van der Waals surface area contributed by atoms with E-state index >= 15 is 0 Å². The van der Waals surface area contributed by atoms with E-state index in [-0.39, 0.29) is 18.0 Å². The van der Waals surface area contributed by atoms with E-state index in [4.69, 9.17) is 9.47 Å². The fourth-order valence-corrected chi connectivity index (χ4v) is 2.11. The molecule has 1 aliphatic heterocycles. The molecule has 0 saturated carbocycles. The zero-order valence-electron chi connectivity index (χ0n) is 10.5. The van der Waals surface area contributed by atoms with Crippen LogP contribution >= 0.6 is 0 Å². The number of hydrogen-bond acceptors (Lipinski definition) is 3. The Morgan fingerprint density at radius 2 is 2.05 bits per heavy atom. The van der Waals surface area contributed by atoms with Crippen molar-refractivity contribution < 1.29 is 22.6 Å². The Morgan fingerprint density at radius 1 is 1.26 bits per heavy atom. The standard InChI is InChI=1S/C13H16F3NO2/c1-18-11-5-6-17-8-12(11)19-10-4-2-3-9(7-10)13(14,15)16/h2-4,7,11-12,17H,5-6,8H2,1H3. The molecule has 2 atom stereocenters. The van der Waals surface area contributed by atoms with E-state index in [1.165, 1.54) is 12.1 Å². The van der Waals surface area contributed by atoms with Gasteiger partial charge in [-0.15, -0.1) is 0 Å². The summed E-state index contributed by atoms with van der Waals surface area (Å²) in [5.74, 6) is 0.213. The van der Waals surface area contributed by atoms with E-state index in [9.17, 15) is 13.2 Å². The lowest BCUT2D eigenvalue weighted by molar-refractivity contribution is -0.137. The van der Waals surface area contributed by atoms with Gasteiger partial charge in [-0.05, 0) is 31.2 Å². The van der Waals surface area contributed by atoms with Gasteiger partial charge in [0.05, 0.1) is 11.7 Å². The lowest BCUT2D eigenvalue weighted by Gasteiger charge is -2.31. The molecule has 0 spiro atoms. The molecule has 1 aromatic carbocycles. The van der Waals surface area contributed by atoms with Crippen molar-refractivity contribution in [3.8, 4) is 5.75 Å². The second kappa shape index (κ2) is 5.79. The molecule has 106 valence electrons. The van der Waals surface area contributed by atoms with Gasteiger partial charge in [-0.1, -0.05) is 6.07 Å². The first-order valence-electron chi connectivity index (χ1n) is 6.08. The van der Waals surface area contributed by atoms with E-state index in [0.717, 1.165) is 25.1 Å². The SMILES string of the molecule is COC1CCNCC1Oc1cccc(C(F)(F)F)c1. The highest BCUT2D eigenvalue weighted by atomic mass is 19.4. The first-order valence-corrected chi connectivity index (χ1v) is 6.08. The van der Waals surface area contributed by atoms with Crippen molar-refractivity contribution in [2.75, 3.05) is 20.2 Å². The van der Waals surface area contributed by atoms with Gasteiger partial charge in [0, 0.05) is 13.7 Å². The zero-order chi connectivity index (χ0) is 13.9. The van der Waals surface area contributed by atoms with Crippen molar-refractivity contribution in [3.05, 3.63) is 29.8 Å². The van der Waals surface area contributed by atoms with Crippen molar-refractivity contribution in [1.29, 1.82) is 0 Å². The molecule has 1 N–H and O–H groups in total. The van der Waals surface area contributed by atoms with Gasteiger partial charge >= 0.3 is 6.18 Å². The number of alkyl halides is 3. The van der Waals surface area contributed by atoms with Crippen LogP contribution in [0, 0.1) is 0 Å². The summed E-state index contributed by atoms with van der Waals surface area (Å²) < 4.78 is 48.7. The molecule has 2 rings (SSSR count). The Morgan fingerprint density at radius 3 is 2.74 bits per heavy atom. The van der Waals surface area contributed by atoms with Gasteiger partial charge < -0.3 is 14.8 Å². The lowest BCUT2D eigenvalue weighted by Crippen LogP contribution is -2.48. The third-order valence-electron chi connectivity index (χ3n) is 3.12. The second-order valence-electron chi connectivity index (χ2n) is 4.45. The lowest BCUT2D eigenvalue weighted by atomic mass is 10.1. The number of halogens is 3. The molecule has 0 aromatic heterocycles. The van der Waals surface area contributed by atoms with E-state index in [1.54, 1.807) is 7.11 Å². The summed E-state index contributed by atoms with van der Waals surface area (Å²) in [6, 6.07) is 4.91. The maximum absolute atomic E-state index is 12.6. The number of rotatable bonds is 3. The summed E-state index contributed by atoms with van der Waals surface area (Å²) in [5.41, 5.74) is -0.706. The van der Waals surface area contributed by atoms with Gasteiger partial charge in [-0.3, -0.25) is 0 Å². The molecular weight excluding hydrogens is 259 g/mol. The quantitative estimate of drug-likeness (QED) is 0.919. The van der Waals surface area contributed by atoms with Gasteiger partial charge in [-0.25, -0.2) is 0 Å². The molecule has 19 heavy (non-hydrogen) atoms. The molecule has 3 nitrogen and oxygen atoms in total.